The van der Waals surface area contributed by atoms with Crippen LogP contribution in [0.4, 0.5) is 0 Å². The van der Waals surface area contributed by atoms with Crippen LogP contribution < -0.4 is 5.32 Å². The Morgan fingerprint density at radius 1 is 1.10 bits per heavy atom. The van der Waals surface area contributed by atoms with Gasteiger partial charge in [0.2, 0.25) is 0 Å². The third-order valence-corrected chi connectivity index (χ3v) is 4.57. The highest BCUT2D eigenvalue weighted by molar-refractivity contribution is 5.25. The first-order valence-corrected chi connectivity index (χ1v) is 7.70. The minimum Gasteiger partial charge on any atom is -0.313 e. The first-order valence-electron chi connectivity index (χ1n) is 7.70. The molecule has 4 heterocycles. The van der Waals surface area contributed by atoms with Gasteiger partial charge >= 0.3 is 0 Å². The highest BCUT2D eigenvalue weighted by Crippen LogP contribution is 2.27. The maximum Gasteiger partial charge on any atom is 0.147 e. The van der Waals surface area contributed by atoms with Crippen molar-refractivity contribution < 1.29 is 0 Å². The van der Waals surface area contributed by atoms with Gasteiger partial charge in [0.15, 0.2) is 0 Å². The average molecular weight is 275 g/mol. The van der Waals surface area contributed by atoms with E-state index in [-0.39, 0.29) is 0 Å². The van der Waals surface area contributed by atoms with Gasteiger partial charge < -0.3 is 5.32 Å². The summed E-state index contributed by atoms with van der Waals surface area (Å²) in [6.45, 7) is 14.0. The monoisotopic (exact) mass is 275 g/mol. The molecule has 0 radical (unpaired) electrons. The van der Waals surface area contributed by atoms with Crippen LogP contribution in [0.2, 0.25) is 0 Å². The summed E-state index contributed by atoms with van der Waals surface area (Å²) in [4.78, 5) is 14.7. The van der Waals surface area contributed by atoms with E-state index in [1.165, 1.54) is 18.7 Å². The molecule has 3 aliphatic heterocycles. The Morgan fingerprint density at radius 3 is 2.25 bits per heavy atom. The second kappa shape index (κ2) is 5.76. The first-order chi connectivity index (χ1) is 9.69. The Bertz CT molecular complexity index is 456. The van der Waals surface area contributed by atoms with Gasteiger partial charge in [-0.25, -0.2) is 9.97 Å². The van der Waals surface area contributed by atoms with Crippen LogP contribution in [0.3, 0.4) is 0 Å². The summed E-state index contributed by atoms with van der Waals surface area (Å²) in [6, 6.07) is 0.392. The lowest BCUT2D eigenvalue weighted by Crippen LogP contribution is -2.57. The minimum atomic E-state index is 0.392. The fourth-order valence-corrected chi connectivity index (χ4v) is 3.28. The van der Waals surface area contributed by atoms with E-state index in [0.717, 1.165) is 49.9 Å². The Kier molecular flexibility index (Phi) is 4.01. The first kappa shape index (κ1) is 13.9. The van der Waals surface area contributed by atoms with E-state index in [0.29, 0.717) is 6.04 Å². The summed E-state index contributed by atoms with van der Waals surface area (Å²) in [5, 5.41) is 3.37. The topological polar surface area (TPSA) is 44.3 Å². The van der Waals surface area contributed by atoms with Crippen molar-refractivity contribution in [3.8, 4) is 0 Å². The quantitative estimate of drug-likeness (QED) is 0.883. The molecule has 20 heavy (non-hydrogen) atoms. The van der Waals surface area contributed by atoms with E-state index >= 15 is 0 Å². The van der Waals surface area contributed by atoms with Crippen LogP contribution in [0, 0.1) is 13.8 Å². The van der Waals surface area contributed by atoms with Gasteiger partial charge in [-0.2, -0.15) is 0 Å². The molecule has 3 aliphatic rings. The molecule has 1 atom stereocenters. The van der Waals surface area contributed by atoms with Gasteiger partial charge in [0, 0.05) is 56.2 Å². The molecule has 110 valence electrons. The fraction of sp³-hybridized carbons (Fsp3) is 0.733. The minimum absolute atomic E-state index is 0.392. The SMILES string of the molecule is CCNCc1c(C)nc(C2CN3CCN2CC3)nc1C. The molecule has 5 heteroatoms. The molecule has 5 nitrogen and oxygen atoms in total. The van der Waals surface area contributed by atoms with Crippen molar-refractivity contribution in [2.45, 2.75) is 33.4 Å². The Labute approximate surface area is 121 Å². The number of fused-ring (bicyclic) bond motifs is 3. The number of hydrogen-bond acceptors (Lipinski definition) is 5. The largest absolute Gasteiger partial charge is 0.313 e. The zero-order chi connectivity index (χ0) is 14.1. The lowest BCUT2D eigenvalue weighted by Gasteiger charge is -2.46. The van der Waals surface area contributed by atoms with E-state index in [2.05, 4.69) is 35.9 Å². The number of nitrogens with zero attached hydrogens (tertiary/aromatic N) is 4. The Morgan fingerprint density at radius 2 is 1.75 bits per heavy atom. The van der Waals surface area contributed by atoms with Crippen LogP contribution in [-0.2, 0) is 6.54 Å². The third-order valence-electron chi connectivity index (χ3n) is 4.57. The van der Waals surface area contributed by atoms with Crippen molar-refractivity contribution in [3.63, 3.8) is 0 Å². The Balaban J connectivity index is 1.84. The summed E-state index contributed by atoms with van der Waals surface area (Å²) < 4.78 is 0. The van der Waals surface area contributed by atoms with Gasteiger partial charge in [-0.3, -0.25) is 9.80 Å². The van der Waals surface area contributed by atoms with Crippen molar-refractivity contribution in [3.05, 3.63) is 22.8 Å². The van der Waals surface area contributed by atoms with Gasteiger partial charge in [0.05, 0.1) is 6.04 Å². The van der Waals surface area contributed by atoms with Gasteiger partial charge in [0.1, 0.15) is 5.82 Å². The predicted molar refractivity (Wildman–Crippen MR) is 79.6 cm³/mol. The fourth-order valence-electron chi connectivity index (χ4n) is 3.28. The van der Waals surface area contributed by atoms with Crippen LogP contribution in [0.1, 0.15) is 35.7 Å². The van der Waals surface area contributed by atoms with Crippen LogP contribution in [-0.4, -0.2) is 59.0 Å². The molecule has 1 N–H and O–H groups in total. The second-order valence-corrected chi connectivity index (χ2v) is 5.86. The maximum absolute atomic E-state index is 4.81. The molecule has 1 unspecified atom stereocenters. The van der Waals surface area contributed by atoms with E-state index in [1.54, 1.807) is 0 Å². The molecule has 0 aromatic carbocycles. The molecule has 3 saturated heterocycles. The number of aryl methyl sites for hydroxylation is 2. The van der Waals surface area contributed by atoms with Crippen LogP contribution >= 0.6 is 0 Å². The molecule has 1 aromatic rings. The molecule has 0 saturated carbocycles. The number of hydrogen-bond donors (Lipinski definition) is 1. The molecule has 4 rings (SSSR count). The van der Waals surface area contributed by atoms with Crippen LogP contribution in [0.25, 0.3) is 0 Å². The van der Waals surface area contributed by atoms with Gasteiger partial charge in [-0.1, -0.05) is 6.92 Å². The van der Waals surface area contributed by atoms with E-state index in [1.807, 2.05) is 0 Å². The molecule has 0 spiro atoms. The van der Waals surface area contributed by atoms with Crippen molar-refractivity contribution in [2.75, 3.05) is 39.3 Å². The van der Waals surface area contributed by atoms with Gasteiger partial charge in [0.25, 0.3) is 0 Å². The molecule has 3 fully saturated rings. The van der Waals surface area contributed by atoms with Crippen molar-refractivity contribution in [1.82, 2.24) is 25.1 Å². The van der Waals surface area contributed by atoms with Crippen molar-refractivity contribution in [1.29, 1.82) is 0 Å². The number of rotatable bonds is 4. The van der Waals surface area contributed by atoms with Crippen LogP contribution in [0.5, 0.6) is 0 Å². The smallest absolute Gasteiger partial charge is 0.147 e. The highest BCUT2D eigenvalue weighted by Gasteiger charge is 2.34. The normalized spacial score (nSPS) is 28.9. The maximum atomic E-state index is 4.81. The highest BCUT2D eigenvalue weighted by atomic mass is 15.4. The molecule has 0 aliphatic carbocycles. The molecule has 1 aromatic heterocycles. The van der Waals surface area contributed by atoms with Gasteiger partial charge in [-0.15, -0.1) is 0 Å². The van der Waals surface area contributed by atoms with Crippen LogP contribution in [0.15, 0.2) is 0 Å². The summed E-state index contributed by atoms with van der Waals surface area (Å²) in [5.41, 5.74) is 3.52. The number of piperazine rings is 3. The average Bonchev–Trinajstić information content (AvgIpc) is 2.47. The van der Waals surface area contributed by atoms with Crippen molar-refractivity contribution >= 4 is 0 Å². The summed E-state index contributed by atoms with van der Waals surface area (Å²) >= 11 is 0. The second-order valence-electron chi connectivity index (χ2n) is 5.86. The van der Waals surface area contributed by atoms with Crippen molar-refractivity contribution in [2.24, 2.45) is 0 Å². The lowest BCUT2D eigenvalue weighted by molar-refractivity contribution is 0.00849. The number of nitrogens with one attached hydrogen (secondary N) is 1. The molecular weight excluding hydrogens is 250 g/mol. The summed E-state index contributed by atoms with van der Waals surface area (Å²) in [5.74, 6) is 1.02. The summed E-state index contributed by atoms with van der Waals surface area (Å²) in [7, 11) is 0. The zero-order valence-electron chi connectivity index (χ0n) is 12.8. The molecule has 0 amide bonds. The van der Waals surface area contributed by atoms with E-state index in [9.17, 15) is 0 Å². The lowest BCUT2D eigenvalue weighted by atomic mass is 10.1. The van der Waals surface area contributed by atoms with Gasteiger partial charge in [-0.05, 0) is 20.4 Å². The zero-order valence-corrected chi connectivity index (χ0v) is 12.8. The van der Waals surface area contributed by atoms with E-state index < -0.39 is 0 Å². The van der Waals surface area contributed by atoms with E-state index in [4.69, 9.17) is 9.97 Å². The molecular formula is C15H25N5. The predicted octanol–water partition coefficient (Wildman–Crippen LogP) is 0.875. The third kappa shape index (κ3) is 2.57. The number of aromatic nitrogens is 2. The summed E-state index contributed by atoms with van der Waals surface area (Å²) in [6.07, 6.45) is 0. The molecule has 2 bridgehead atoms. The Hall–Kier alpha value is -1.04. The standard InChI is InChI=1S/C15H25N5/c1-4-16-9-13-11(2)17-15(18-12(13)3)14-10-19-5-7-20(14)8-6-19/h14,16H,4-10H2,1-3H3.